The van der Waals surface area contributed by atoms with Gasteiger partial charge in [-0.05, 0) is 12.1 Å². The topological polar surface area (TPSA) is 109 Å². The average Bonchev–Trinajstić information content (AvgIpc) is 3.46. The molecule has 0 N–H and O–H groups in total. The quantitative estimate of drug-likeness (QED) is 0.497. The van der Waals surface area contributed by atoms with Gasteiger partial charge >= 0.3 is 0 Å². The first-order chi connectivity index (χ1) is 13.8. The summed E-state index contributed by atoms with van der Waals surface area (Å²) in [6.07, 6.45) is 7.16. The van der Waals surface area contributed by atoms with Gasteiger partial charge in [0.1, 0.15) is 0 Å². The summed E-state index contributed by atoms with van der Waals surface area (Å²) in [4.78, 5) is 18.1. The Bertz CT molecular complexity index is 1180. The van der Waals surface area contributed by atoms with Gasteiger partial charge in [0.15, 0.2) is 5.65 Å². The van der Waals surface area contributed by atoms with E-state index in [1.807, 2.05) is 23.0 Å². The van der Waals surface area contributed by atoms with Crippen LogP contribution in [0.1, 0.15) is 11.3 Å². The van der Waals surface area contributed by atoms with Gasteiger partial charge < -0.3 is 4.74 Å². The lowest BCUT2D eigenvalue weighted by atomic mass is 10.1. The number of hydrogen-bond acceptors (Lipinski definition) is 8. The molecule has 0 aliphatic carbocycles. The van der Waals surface area contributed by atoms with Crippen LogP contribution in [-0.4, -0.2) is 59.2 Å². The van der Waals surface area contributed by atoms with E-state index in [9.17, 15) is 0 Å². The molecule has 140 valence electrons. The lowest BCUT2D eigenvalue weighted by Crippen LogP contribution is -2.12. The second kappa shape index (κ2) is 6.89. The van der Waals surface area contributed by atoms with Gasteiger partial charge in [-0.3, -0.25) is 14.7 Å². The van der Waals surface area contributed by atoms with E-state index in [4.69, 9.17) is 9.72 Å². The maximum Gasteiger partial charge on any atom is 0.221 e. The SMILES string of the molecule is COCCn1cc(-c2cnc3nnn(CC4=NCc5ncccc54)c3n2)cn1. The Morgan fingerprint density at radius 2 is 2.18 bits per heavy atom. The molecule has 0 saturated heterocycles. The summed E-state index contributed by atoms with van der Waals surface area (Å²) >= 11 is 0. The first-order valence-electron chi connectivity index (χ1n) is 8.87. The molecule has 0 atom stereocenters. The van der Waals surface area contributed by atoms with Crippen LogP contribution in [0.5, 0.6) is 0 Å². The van der Waals surface area contributed by atoms with Crippen LogP contribution in [0.3, 0.4) is 0 Å². The van der Waals surface area contributed by atoms with Gasteiger partial charge in [0, 0.05) is 30.6 Å². The molecular formula is C18H17N9O. The van der Waals surface area contributed by atoms with Crippen molar-refractivity contribution in [1.29, 1.82) is 0 Å². The second-order valence-corrected chi connectivity index (χ2v) is 6.40. The zero-order valence-electron chi connectivity index (χ0n) is 15.2. The average molecular weight is 375 g/mol. The van der Waals surface area contributed by atoms with Crippen molar-refractivity contribution in [2.75, 3.05) is 13.7 Å². The molecule has 0 aromatic carbocycles. The van der Waals surface area contributed by atoms with E-state index in [1.54, 1.807) is 30.4 Å². The van der Waals surface area contributed by atoms with E-state index in [0.29, 0.717) is 37.5 Å². The Labute approximate surface area is 159 Å². The fourth-order valence-electron chi connectivity index (χ4n) is 3.16. The Hall–Kier alpha value is -3.53. The number of fused-ring (bicyclic) bond motifs is 2. The van der Waals surface area contributed by atoms with Gasteiger partial charge in [0.05, 0.1) is 55.7 Å². The van der Waals surface area contributed by atoms with Crippen molar-refractivity contribution in [3.8, 4) is 11.3 Å². The molecule has 5 rings (SSSR count). The Morgan fingerprint density at radius 1 is 1.21 bits per heavy atom. The van der Waals surface area contributed by atoms with Crippen LogP contribution in [-0.2, 0) is 24.4 Å². The summed E-state index contributed by atoms with van der Waals surface area (Å²) in [5, 5.41) is 12.7. The number of hydrogen-bond donors (Lipinski definition) is 0. The Kier molecular flexibility index (Phi) is 4.09. The molecule has 1 aliphatic heterocycles. The zero-order chi connectivity index (χ0) is 18.9. The predicted octanol–water partition coefficient (Wildman–Crippen LogP) is 1.13. The third-order valence-corrected chi connectivity index (χ3v) is 4.60. The molecule has 0 unspecified atom stereocenters. The summed E-state index contributed by atoms with van der Waals surface area (Å²) in [6, 6.07) is 3.94. The number of nitrogens with zero attached hydrogens (tertiary/aromatic N) is 9. The van der Waals surface area contributed by atoms with Crippen molar-refractivity contribution in [3.63, 3.8) is 0 Å². The van der Waals surface area contributed by atoms with Gasteiger partial charge in [-0.25, -0.2) is 14.6 Å². The molecule has 0 fully saturated rings. The largest absolute Gasteiger partial charge is 0.383 e. The molecule has 4 aromatic heterocycles. The lowest BCUT2D eigenvalue weighted by molar-refractivity contribution is 0.183. The van der Waals surface area contributed by atoms with Crippen molar-refractivity contribution in [2.45, 2.75) is 19.6 Å². The van der Waals surface area contributed by atoms with Crippen molar-refractivity contribution in [1.82, 2.24) is 39.7 Å². The predicted molar refractivity (Wildman–Crippen MR) is 101 cm³/mol. The van der Waals surface area contributed by atoms with Crippen molar-refractivity contribution in [3.05, 3.63) is 48.2 Å². The Morgan fingerprint density at radius 3 is 3.11 bits per heavy atom. The minimum Gasteiger partial charge on any atom is -0.383 e. The maximum atomic E-state index is 5.09. The van der Waals surface area contributed by atoms with Gasteiger partial charge in [-0.2, -0.15) is 5.10 Å². The van der Waals surface area contributed by atoms with E-state index in [1.165, 1.54) is 0 Å². The first-order valence-corrected chi connectivity index (χ1v) is 8.87. The van der Waals surface area contributed by atoms with Crippen LogP contribution >= 0.6 is 0 Å². The number of ether oxygens (including phenoxy) is 1. The molecule has 0 spiro atoms. The highest BCUT2D eigenvalue weighted by molar-refractivity contribution is 6.03. The second-order valence-electron chi connectivity index (χ2n) is 6.40. The van der Waals surface area contributed by atoms with Crippen molar-refractivity contribution in [2.24, 2.45) is 4.99 Å². The number of aliphatic imine (C=N–C) groups is 1. The van der Waals surface area contributed by atoms with Crippen LogP contribution in [0.15, 0.2) is 41.9 Å². The highest BCUT2D eigenvalue weighted by Crippen LogP contribution is 2.20. The fraction of sp³-hybridized carbons (Fsp3) is 0.278. The number of rotatable bonds is 6. The molecule has 10 heteroatoms. The van der Waals surface area contributed by atoms with Crippen LogP contribution in [0.25, 0.3) is 22.6 Å². The lowest BCUT2D eigenvalue weighted by Gasteiger charge is -2.04. The minimum absolute atomic E-state index is 0.473. The summed E-state index contributed by atoms with van der Waals surface area (Å²) < 4.78 is 8.63. The highest BCUT2D eigenvalue weighted by Gasteiger charge is 2.19. The van der Waals surface area contributed by atoms with Crippen molar-refractivity contribution >= 4 is 17.0 Å². The van der Waals surface area contributed by atoms with Crippen LogP contribution in [0.2, 0.25) is 0 Å². The normalized spacial score (nSPS) is 13.1. The number of aromatic nitrogens is 8. The number of pyridine rings is 1. The highest BCUT2D eigenvalue weighted by atomic mass is 16.5. The molecule has 0 bridgehead atoms. The van der Waals surface area contributed by atoms with E-state index in [2.05, 4.69) is 30.4 Å². The third-order valence-electron chi connectivity index (χ3n) is 4.60. The maximum absolute atomic E-state index is 5.09. The molecule has 28 heavy (non-hydrogen) atoms. The van der Waals surface area contributed by atoms with E-state index in [0.717, 1.165) is 28.2 Å². The van der Waals surface area contributed by atoms with Crippen LogP contribution in [0.4, 0.5) is 0 Å². The minimum atomic E-state index is 0.473. The smallest absolute Gasteiger partial charge is 0.221 e. The fourth-order valence-corrected chi connectivity index (χ4v) is 3.16. The molecule has 10 nitrogen and oxygen atoms in total. The van der Waals surface area contributed by atoms with Crippen molar-refractivity contribution < 1.29 is 4.74 Å². The van der Waals surface area contributed by atoms with Crippen LogP contribution in [0, 0.1) is 0 Å². The Balaban J connectivity index is 1.45. The van der Waals surface area contributed by atoms with Gasteiger partial charge in [-0.15, -0.1) is 5.10 Å². The van der Waals surface area contributed by atoms with E-state index >= 15 is 0 Å². The molecule has 0 amide bonds. The summed E-state index contributed by atoms with van der Waals surface area (Å²) in [5.41, 5.74) is 5.67. The standard InChI is InChI=1S/C18H17N9O/c1-28-6-5-26-10-12(7-22-26)14-8-21-17-18(23-14)27(25-24-17)11-16-13-3-2-4-19-15(13)9-20-16/h2-4,7-8,10H,5-6,9,11H2,1H3. The van der Waals surface area contributed by atoms with Gasteiger partial charge in [0.2, 0.25) is 5.65 Å². The molecule has 0 radical (unpaired) electrons. The molecular weight excluding hydrogens is 358 g/mol. The first kappa shape index (κ1) is 16.6. The zero-order valence-corrected chi connectivity index (χ0v) is 15.2. The summed E-state index contributed by atoms with van der Waals surface area (Å²) in [7, 11) is 1.67. The molecule has 0 saturated carbocycles. The van der Waals surface area contributed by atoms with Crippen LogP contribution < -0.4 is 0 Å². The third kappa shape index (κ3) is 2.93. The summed E-state index contributed by atoms with van der Waals surface area (Å²) in [6.45, 7) is 2.34. The van der Waals surface area contributed by atoms with E-state index in [-0.39, 0.29) is 0 Å². The molecule has 4 aromatic rings. The molecule has 5 heterocycles. The molecule has 1 aliphatic rings. The van der Waals surface area contributed by atoms with Gasteiger partial charge in [0.25, 0.3) is 0 Å². The monoisotopic (exact) mass is 375 g/mol. The van der Waals surface area contributed by atoms with E-state index < -0.39 is 0 Å². The van der Waals surface area contributed by atoms with Gasteiger partial charge in [-0.1, -0.05) is 5.21 Å². The number of methoxy groups -OCH3 is 1. The summed E-state index contributed by atoms with van der Waals surface area (Å²) in [5.74, 6) is 0.